The van der Waals surface area contributed by atoms with Crippen LogP contribution in [-0.4, -0.2) is 28.8 Å². The zero-order chi connectivity index (χ0) is 21.3. The van der Waals surface area contributed by atoms with Gasteiger partial charge in [0, 0.05) is 5.56 Å². The summed E-state index contributed by atoms with van der Waals surface area (Å²) >= 11 is 0. The fraction of sp³-hybridized carbons (Fsp3) is 0.348. The maximum absolute atomic E-state index is 12.6. The molecule has 0 saturated carbocycles. The molecule has 2 aromatic carbocycles. The lowest BCUT2D eigenvalue weighted by molar-refractivity contribution is -0.116. The van der Waals surface area contributed by atoms with E-state index in [-0.39, 0.29) is 12.5 Å². The van der Waals surface area contributed by atoms with Gasteiger partial charge in [0.15, 0.2) is 0 Å². The summed E-state index contributed by atoms with van der Waals surface area (Å²) in [7, 11) is 0. The molecule has 28 heavy (non-hydrogen) atoms. The van der Waals surface area contributed by atoms with E-state index in [2.05, 4.69) is 0 Å². The number of esters is 1. The fourth-order valence-corrected chi connectivity index (χ4v) is 2.40. The molecule has 0 atom stereocenters. The van der Waals surface area contributed by atoms with E-state index in [1.807, 2.05) is 32.9 Å². The van der Waals surface area contributed by atoms with Crippen molar-refractivity contribution in [1.82, 2.24) is 4.90 Å². The highest BCUT2D eigenvalue weighted by Crippen LogP contribution is 2.15. The maximum Gasteiger partial charge on any atom is 0.338 e. The van der Waals surface area contributed by atoms with Crippen LogP contribution >= 0.6 is 0 Å². The van der Waals surface area contributed by atoms with E-state index < -0.39 is 11.6 Å². The standard InChI is InChI=1S/C21H23NO4.C2H6/c1-15-7-5-6-8-18(15)19(24)22(14-23)13-16-9-11-17(12-10-16)20(25)26-21(2,3)4;1-2/h5-12,14H,13H2,1-4H3;1-2H3. The van der Waals surface area contributed by atoms with Crippen LogP contribution in [0.1, 0.15) is 66.5 Å². The normalized spacial score (nSPS) is 10.4. The highest BCUT2D eigenvalue weighted by molar-refractivity contribution is 6.00. The average Bonchev–Trinajstić information content (AvgIpc) is 2.66. The Morgan fingerprint density at radius 3 is 2.07 bits per heavy atom. The van der Waals surface area contributed by atoms with Crippen LogP contribution in [0.5, 0.6) is 0 Å². The number of hydrogen-bond acceptors (Lipinski definition) is 4. The van der Waals surface area contributed by atoms with E-state index in [1.165, 1.54) is 0 Å². The Labute approximate surface area is 167 Å². The summed E-state index contributed by atoms with van der Waals surface area (Å²) in [5.74, 6) is -0.762. The Morgan fingerprint density at radius 2 is 1.57 bits per heavy atom. The van der Waals surface area contributed by atoms with Crippen LogP contribution in [0.15, 0.2) is 48.5 Å². The Morgan fingerprint density at radius 1 is 1.00 bits per heavy atom. The van der Waals surface area contributed by atoms with E-state index >= 15 is 0 Å². The number of hydrogen-bond donors (Lipinski definition) is 0. The van der Waals surface area contributed by atoms with E-state index in [9.17, 15) is 14.4 Å². The highest BCUT2D eigenvalue weighted by Gasteiger charge is 2.19. The second-order valence-electron chi connectivity index (χ2n) is 7.05. The molecule has 0 fully saturated rings. The highest BCUT2D eigenvalue weighted by atomic mass is 16.6. The second-order valence-corrected chi connectivity index (χ2v) is 7.05. The molecule has 0 saturated heterocycles. The predicted octanol–water partition coefficient (Wildman–Crippen LogP) is 4.78. The van der Waals surface area contributed by atoms with Crippen LogP contribution < -0.4 is 0 Å². The van der Waals surface area contributed by atoms with Gasteiger partial charge in [0.2, 0.25) is 6.41 Å². The molecule has 0 spiro atoms. The minimum absolute atomic E-state index is 0.130. The molecular weight excluding hydrogens is 354 g/mol. The van der Waals surface area contributed by atoms with Crippen LogP contribution in [0.2, 0.25) is 0 Å². The van der Waals surface area contributed by atoms with Gasteiger partial charge in [0.25, 0.3) is 5.91 Å². The Kier molecular flexibility index (Phi) is 8.58. The van der Waals surface area contributed by atoms with Gasteiger partial charge in [-0.25, -0.2) is 4.79 Å². The van der Waals surface area contributed by atoms with Crippen molar-refractivity contribution in [3.63, 3.8) is 0 Å². The van der Waals surface area contributed by atoms with Gasteiger partial charge in [-0.3, -0.25) is 14.5 Å². The van der Waals surface area contributed by atoms with Crippen LogP contribution in [0, 0.1) is 6.92 Å². The van der Waals surface area contributed by atoms with Gasteiger partial charge in [-0.05, 0) is 57.0 Å². The summed E-state index contributed by atoms with van der Waals surface area (Å²) in [6.45, 7) is 11.4. The van der Waals surface area contributed by atoms with Crippen LogP contribution in [0.4, 0.5) is 0 Å². The Hall–Kier alpha value is -2.95. The van der Waals surface area contributed by atoms with Gasteiger partial charge >= 0.3 is 5.97 Å². The third-order valence-corrected chi connectivity index (χ3v) is 3.71. The summed E-state index contributed by atoms with van der Waals surface area (Å²) in [5.41, 5.74) is 1.90. The number of nitrogens with zero attached hydrogens (tertiary/aromatic N) is 1. The van der Waals surface area contributed by atoms with E-state index in [0.717, 1.165) is 16.0 Å². The van der Waals surface area contributed by atoms with Gasteiger partial charge in [0.1, 0.15) is 5.60 Å². The molecule has 150 valence electrons. The number of aryl methyl sites for hydroxylation is 1. The van der Waals surface area contributed by atoms with Crippen molar-refractivity contribution < 1.29 is 19.1 Å². The molecule has 0 radical (unpaired) electrons. The molecule has 5 heteroatoms. The zero-order valence-electron chi connectivity index (χ0n) is 17.5. The number of carbonyl (C=O) groups is 3. The topological polar surface area (TPSA) is 63.7 Å². The third kappa shape index (κ3) is 6.65. The lowest BCUT2D eigenvalue weighted by atomic mass is 10.1. The van der Waals surface area contributed by atoms with Crippen molar-refractivity contribution in [2.24, 2.45) is 0 Å². The maximum atomic E-state index is 12.6. The number of benzene rings is 2. The first-order chi connectivity index (χ1) is 13.2. The first-order valence-corrected chi connectivity index (χ1v) is 9.35. The smallest absolute Gasteiger partial charge is 0.338 e. The van der Waals surface area contributed by atoms with Crippen molar-refractivity contribution in [3.8, 4) is 0 Å². The zero-order valence-corrected chi connectivity index (χ0v) is 17.5. The molecule has 0 aliphatic rings. The SMILES string of the molecule is CC.Cc1ccccc1C(=O)N(C=O)Cc1ccc(C(=O)OC(C)(C)C)cc1. The van der Waals surface area contributed by atoms with Crippen molar-refractivity contribution in [1.29, 1.82) is 0 Å². The van der Waals surface area contributed by atoms with Gasteiger partial charge < -0.3 is 4.74 Å². The van der Waals surface area contributed by atoms with Gasteiger partial charge in [-0.2, -0.15) is 0 Å². The molecular formula is C23H29NO4. The van der Waals surface area contributed by atoms with Crippen molar-refractivity contribution >= 4 is 18.3 Å². The lowest BCUT2D eigenvalue weighted by Gasteiger charge is -2.20. The second kappa shape index (κ2) is 10.4. The van der Waals surface area contributed by atoms with E-state index in [1.54, 1.807) is 57.2 Å². The summed E-state index contributed by atoms with van der Waals surface area (Å²) in [6, 6.07) is 13.8. The minimum Gasteiger partial charge on any atom is -0.456 e. The summed E-state index contributed by atoms with van der Waals surface area (Å²) < 4.78 is 5.32. The van der Waals surface area contributed by atoms with Crippen molar-refractivity contribution in [3.05, 3.63) is 70.8 Å². The lowest BCUT2D eigenvalue weighted by Crippen LogP contribution is -2.29. The van der Waals surface area contributed by atoms with Crippen LogP contribution in [-0.2, 0) is 16.1 Å². The molecule has 0 aromatic heterocycles. The fourth-order valence-electron chi connectivity index (χ4n) is 2.40. The number of rotatable bonds is 5. The molecule has 0 heterocycles. The Bertz CT molecular complexity index is 804. The van der Waals surface area contributed by atoms with E-state index in [4.69, 9.17) is 4.74 Å². The van der Waals surface area contributed by atoms with Crippen LogP contribution in [0.3, 0.4) is 0 Å². The van der Waals surface area contributed by atoms with Gasteiger partial charge in [-0.1, -0.05) is 44.2 Å². The average molecular weight is 383 g/mol. The number of ether oxygens (including phenoxy) is 1. The van der Waals surface area contributed by atoms with Gasteiger partial charge in [-0.15, -0.1) is 0 Å². The van der Waals surface area contributed by atoms with Crippen LogP contribution in [0.25, 0.3) is 0 Å². The van der Waals surface area contributed by atoms with E-state index in [0.29, 0.717) is 17.5 Å². The molecule has 0 bridgehead atoms. The monoisotopic (exact) mass is 383 g/mol. The summed E-state index contributed by atoms with van der Waals surface area (Å²) in [4.78, 5) is 37.1. The molecule has 0 aliphatic heterocycles. The van der Waals surface area contributed by atoms with Crippen molar-refractivity contribution in [2.75, 3.05) is 0 Å². The molecule has 0 aliphatic carbocycles. The molecule has 0 N–H and O–H groups in total. The summed E-state index contributed by atoms with van der Waals surface area (Å²) in [5, 5.41) is 0. The first-order valence-electron chi connectivity index (χ1n) is 9.35. The van der Waals surface area contributed by atoms with Gasteiger partial charge in [0.05, 0.1) is 12.1 Å². The number of carbonyl (C=O) groups excluding carboxylic acids is 3. The quantitative estimate of drug-likeness (QED) is 0.551. The molecule has 5 nitrogen and oxygen atoms in total. The molecule has 2 amide bonds. The third-order valence-electron chi connectivity index (χ3n) is 3.71. The molecule has 2 rings (SSSR count). The molecule has 2 aromatic rings. The minimum atomic E-state index is -0.565. The molecule has 0 unspecified atom stereocenters. The predicted molar refractivity (Wildman–Crippen MR) is 110 cm³/mol. The number of imide groups is 1. The largest absolute Gasteiger partial charge is 0.456 e. The van der Waals surface area contributed by atoms with Crippen molar-refractivity contribution in [2.45, 2.75) is 53.7 Å². The summed E-state index contributed by atoms with van der Waals surface area (Å²) in [6.07, 6.45) is 0.524. The number of amides is 2. The Balaban J connectivity index is 0.00000190. The first kappa shape index (κ1) is 23.1.